The lowest BCUT2D eigenvalue weighted by Gasteiger charge is -2.27. The zero-order chi connectivity index (χ0) is 12.8. The third kappa shape index (κ3) is 3.68. The van der Waals surface area contributed by atoms with E-state index < -0.39 is 0 Å². The molecule has 0 aromatic rings. The predicted octanol–water partition coefficient (Wildman–Crippen LogP) is 1.39. The van der Waals surface area contributed by atoms with Gasteiger partial charge >= 0.3 is 0 Å². The maximum absolute atomic E-state index is 12.1. The molecule has 0 radical (unpaired) electrons. The predicted molar refractivity (Wildman–Crippen MR) is 68.7 cm³/mol. The minimum Gasteiger partial charge on any atom is -0.365 e. The fraction of sp³-hybridized carbons (Fsp3) is 0.923. The average Bonchev–Trinajstić information content (AvgIpc) is 2.77. The minimum absolute atomic E-state index is 0.0951. The van der Waals surface area contributed by atoms with E-state index in [-0.39, 0.29) is 18.1 Å². The summed E-state index contributed by atoms with van der Waals surface area (Å²) in [5.74, 6) is 0.527. The summed E-state index contributed by atoms with van der Waals surface area (Å²) in [5, 5.41) is 0. The van der Waals surface area contributed by atoms with Crippen LogP contribution in [0.15, 0.2) is 0 Å². The summed E-state index contributed by atoms with van der Waals surface area (Å²) in [7, 11) is 0. The maximum Gasteiger partial charge on any atom is 0.251 e. The third-order valence-electron chi connectivity index (χ3n) is 3.69. The van der Waals surface area contributed by atoms with Gasteiger partial charge in [0.25, 0.3) is 5.91 Å². The molecule has 2 N–H and O–H groups in total. The molecule has 4 nitrogen and oxygen atoms in total. The van der Waals surface area contributed by atoms with Gasteiger partial charge in [0.2, 0.25) is 0 Å². The molecule has 17 heavy (non-hydrogen) atoms. The number of amides is 1. The van der Waals surface area contributed by atoms with Crippen LogP contribution in [0.4, 0.5) is 0 Å². The fourth-order valence-corrected chi connectivity index (χ4v) is 2.56. The van der Waals surface area contributed by atoms with Crippen molar-refractivity contribution >= 4 is 5.91 Å². The number of hydrogen-bond acceptors (Lipinski definition) is 3. The van der Waals surface area contributed by atoms with E-state index in [1.165, 1.54) is 6.42 Å². The first-order valence-corrected chi connectivity index (χ1v) is 6.78. The van der Waals surface area contributed by atoms with Gasteiger partial charge in [-0.15, -0.1) is 0 Å². The molecule has 4 heteroatoms. The van der Waals surface area contributed by atoms with Crippen molar-refractivity contribution in [2.45, 2.75) is 52.2 Å². The van der Waals surface area contributed by atoms with Crippen LogP contribution in [-0.4, -0.2) is 42.6 Å². The van der Waals surface area contributed by atoms with E-state index in [4.69, 9.17) is 10.5 Å². The van der Waals surface area contributed by atoms with E-state index >= 15 is 0 Å². The number of hydrogen-bond donors (Lipinski definition) is 1. The lowest BCUT2D eigenvalue weighted by molar-refractivity contribution is -0.147. The van der Waals surface area contributed by atoms with Crippen molar-refractivity contribution in [2.24, 2.45) is 11.7 Å². The van der Waals surface area contributed by atoms with E-state index in [0.29, 0.717) is 12.5 Å². The van der Waals surface area contributed by atoms with Crippen LogP contribution in [-0.2, 0) is 9.53 Å². The second-order valence-corrected chi connectivity index (χ2v) is 4.75. The molecule has 0 aromatic carbocycles. The molecule has 0 heterocycles. The van der Waals surface area contributed by atoms with Gasteiger partial charge in [-0.05, 0) is 46.1 Å². The molecule has 1 aliphatic carbocycles. The Hall–Kier alpha value is -0.610. The molecule has 0 saturated heterocycles. The van der Waals surface area contributed by atoms with Crippen LogP contribution in [0.2, 0.25) is 0 Å². The Kier molecular flexibility index (Phi) is 5.92. The van der Waals surface area contributed by atoms with Crippen molar-refractivity contribution in [3.8, 4) is 0 Å². The van der Waals surface area contributed by atoms with Crippen LogP contribution < -0.4 is 5.73 Å². The number of likely N-dealkylation sites (N-methyl/N-ethyl adjacent to an activating group) is 1. The molecule has 0 bridgehead atoms. The van der Waals surface area contributed by atoms with E-state index in [9.17, 15) is 4.79 Å². The molecule has 0 spiro atoms. The topological polar surface area (TPSA) is 55.6 Å². The van der Waals surface area contributed by atoms with Crippen LogP contribution in [0.5, 0.6) is 0 Å². The summed E-state index contributed by atoms with van der Waals surface area (Å²) in [4.78, 5) is 13.9. The van der Waals surface area contributed by atoms with Gasteiger partial charge in [-0.1, -0.05) is 6.42 Å². The van der Waals surface area contributed by atoms with Gasteiger partial charge in [0.15, 0.2) is 0 Å². The van der Waals surface area contributed by atoms with Crippen molar-refractivity contribution in [2.75, 3.05) is 19.6 Å². The molecule has 1 saturated carbocycles. The Balaban J connectivity index is 2.47. The lowest BCUT2D eigenvalue weighted by Crippen LogP contribution is -2.41. The van der Waals surface area contributed by atoms with Gasteiger partial charge in [-0.2, -0.15) is 0 Å². The largest absolute Gasteiger partial charge is 0.365 e. The summed E-state index contributed by atoms with van der Waals surface area (Å²) >= 11 is 0. The summed E-state index contributed by atoms with van der Waals surface area (Å²) in [6.07, 6.45) is 3.17. The molecular weight excluding hydrogens is 216 g/mol. The second kappa shape index (κ2) is 6.97. The number of nitrogens with two attached hydrogens (primary N) is 1. The number of rotatable bonds is 6. The van der Waals surface area contributed by atoms with E-state index in [0.717, 1.165) is 25.9 Å². The number of carbonyl (C=O) groups is 1. The summed E-state index contributed by atoms with van der Waals surface area (Å²) < 4.78 is 5.89. The van der Waals surface area contributed by atoms with E-state index in [1.54, 1.807) is 0 Å². The van der Waals surface area contributed by atoms with Gasteiger partial charge in [-0.3, -0.25) is 4.79 Å². The summed E-state index contributed by atoms with van der Waals surface area (Å²) in [6, 6.07) is 0. The smallest absolute Gasteiger partial charge is 0.251 e. The Labute approximate surface area is 104 Å². The molecule has 0 aromatic heterocycles. The molecule has 100 valence electrons. The van der Waals surface area contributed by atoms with Crippen LogP contribution in [0, 0.1) is 5.92 Å². The molecule has 1 rings (SSSR count). The van der Waals surface area contributed by atoms with Crippen LogP contribution in [0.1, 0.15) is 40.0 Å². The number of nitrogens with zero attached hydrogens (tertiary/aromatic N) is 1. The molecule has 1 aliphatic rings. The zero-order valence-corrected chi connectivity index (χ0v) is 11.3. The third-order valence-corrected chi connectivity index (χ3v) is 3.69. The van der Waals surface area contributed by atoms with Crippen molar-refractivity contribution in [1.29, 1.82) is 0 Å². The lowest BCUT2D eigenvalue weighted by atomic mass is 10.1. The summed E-state index contributed by atoms with van der Waals surface area (Å²) in [5.41, 5.74) is 5.71. The standard InChI is InChI=1S/C13H26N2O2/c1-4-15(5-2)13(16)10(3)17-12-8-6-7-11(12)9-14/h10-12H,4-9,14H2,1-3H3. The maximum atomic E-state index is 12.1. The quantitative estimate of drug-likeness (QED) is 0.765. The first-order chi connectivity index (χ1) is 8.13. The van der Waals surface area contributed by atoms with Crippen molar-refractivity contribution in [3.63, 3.8) is 0 Å². The zero-order valence-electron chi connectivity index (χ0n) is 11.3. The Morgan fingerprint density at radius 3 is 2.59 bits per heavy atom. The Morgan fingerprint density at radius 1 is 1.41 bits per heavy atom. The number of ether oxygens (including phenoxy) is 1. The molecule has 3 unspecified atom stereocenters. The Bertz CT molecular complexity index is 242. The van der Waals surface area contributed by atoms with Gasteiger partial charge in [-0.25, -0.2) is 0 Å². The normalized spacial score (nSPS) is 25.9. The van der Waals surface area contributed by atoms with Gasteiger partial charge in [0, 0.05) is 13.1 Å². The highest BCUT2D eigenvalue weighted by atomic mass is 16.5. The van der Waals surface area contributed by atoms with Crippen LogP contribution in [0.3, 0.4) is 0 Å². The molecule has 0 aliphatic heterocycles. The fourth-order valence-electron chi connectivity index (χ4n) is 2.56. The highest BCUT2D eigenvalue weighted by molar-refractivity contribution is 5.80. The van der Waals surface area contributed by atoms with E-state index in [1.807, 2.05) is 25.7 Å². The van der Waals surface area contributed by atoms with Gasteiger partial charge < -0.3 is 15.4 Å². The van der Waals surface area contributed by atoms with Gasteiger partial charge in [0.1, 0.15) is 6.10 Å². The van der Waals surface area contributed by atoms with Crippen molar-refractivity contribution < 1.29 is 9.53 Å². The van der Waals surface area contributed by atoms with Crippen molar-refractivity contribution in [3.05, 3.63) is 0 Å². The highest BCUT2D eigenvalue weighted by Crippen LogP contribution is 2.28. The summed E-state index contributed by atoms with van der Waals surface area (Å²) in [6.45, 7) is 7.99. The van der Waals surface area contributed by atoms with E-state index in [2.05, 4.69) is 0 Å². The SMILES string of the molecule is CCN(CC)C(=O)C(C)OC1CCCC1CN. The number of carbonyl (C=O) groups excluding carboxylic acids is 1. The first kappa shape index (κ1) is 14.5. The van der Waals surface area contributed by atoms with Crippen molar-refractivity contribution in [1.82, 2.24) is 4.90 Å². The minimum atomic E-state index is -0.341. The van der Waals surface area contributed by atoms with Crippen LogP contribution in [0.25, 0.3) is 0 Å². The monoisotopic (exact) mass is 242 g/mol. The molecular formula is C13H26N2O2. The molecule has 1 amide bonds. The first-order valence-electron chi connectivity index (χ1n) is 6.78. The molecule has 1 fully saturated rings. The van der Waals surface area contributed by atoms with Crippen LogP contribution >= 0.6 is 0 Å². The average molecular weight is 242 g/mol. The Morgan fingerprint density at radius 2 is 2.06 bits per heavy atom. The molecule has 3 atom stereocenters. The second-order valence-electron chi connectivity index (χ2n) is 4.75. The van der Waals surface area contributed by atoms with Gasteiger partial charge in [0.05, 0.1) is 6.10 Å². The highest BCUT2D eigenvalue weighted by Gasteiger charge is 2.30.